The largest absolute Gasteiger partial charge is 0.395 e. The Morgan fingerprint density at radius 2 is 2.06 bits per heavy atom. The minimum absolute atomic E-state index is 0.0305. The second kappa shape index (κ2) is 7.01. The molecule has 3 N–H and O–H groups in total. The number of hydrogen-bond donors (Lipinski definition) is 2. The van der Waals surface area contributed by atoms with Crippen LogP contribution in [0.2, 0.25) is 0 Å². The topological polar surface area (TPSA) is 55.5 Å². The molecule has 4 heteroatoms. The van der Waals surface area contributed by atoms with Crippen LogP contribution in [0.25, 0.3) is 0 Å². The summed E-state index contributed by atoms with van der Waals surface area (Å²) >= 11 is 1.60. The first-order valence-electron chi connectivity index (χ1n) is 5.67. The molecule has 0 aliphatic rings. The van der Waals surface area contributed by atoms with Gasteiger partial charge in [-0.3, -0.25) is 0 Å². The summed E-state index contributed by atoms with van der Waals surface area (Å²) in [6.45, 7) is 4.69. The molecule has 0 aliphatic heterocycles. The van der Waals surface area contributed by atoms with E-state index in [1.54, 1.807) is 18.9 Å². The maximum atomic E-state index is 9.35. The Morgan fingerprint density at radius 1 is 1.35 bits per heavy atom. The fourth-order valence-corrected chi connectivity index (χ4v) is 2.59. The molecule has 2 atom stereocenters. The lowest BCUT2D eigenvalue weighted by atomic mass is 10.1. The molecule has 1 aromatic carbocycles. The molecule has 0 bridgehead atoms. The highest BCUT2D eigenvalue weighted by Crippen LogP contribution is 2.26. The van der Waals surface area contributed by atoms with E-state index in [1.807, 2.05) is 0 Å². The molecule has 0 saturated heterocycles. The fourth-order valence-electron chi connectivity index (χ4n) is 1.52. The number of aliphatic hydroxyl groups excluding tert-OH is 1. The third kappa shape index (κ3) is 4.32. The van der Waals surface area contributed by atoms with Crippen LogP contribution < -0.4 is 5.73 Å². The van der Waals surface area contributed by atoms with Crippen molar-refractivity contribution in [2.24, 2.45) is 5.73 Å². The highest BCUT2D eigenvalue weighted by molar-refractivity contribution is 8.00. The molecule has 1 rings (SSSR count). The van der Waals surface area contributed by atoms with Gasteiger partial charge in [0, 0.05) is 23.3 Å². The van der Waals surface area contributed by atoms with E-state index in [1.165, 1.54) is 11.1 Å². The number of hydrogen-bond acceptors (Lipinski definition) is 4. The molecular weight excluding hydrogens is 234 g/mol. The Bertz CT molecular complexity index is 357. The van der Waals surface area contributed by atoms with Crippen molar-refractivity contribution in [1.29, 1.82) is 0 Å². The highest BCUT2D eigenvalue weighted by Gasteiger charge is 2.18. The second-order valence-corrected chi connectivity index (χ2v) is 5.52. The van der Waals surface area contributed by atoms with Crippen molar-refractivity contribution >= 4 is 11.8 Å². The van der Waals surface area contributed by atoms with Gasteiger partial charge in [0.25, 0.3) is 0 Å². The summed E-state index contributed by atoms with van der Waals surface area (Å²) < 4.78 is 5.02. The SMILES string of the molecule is COCC(N)C(CO)Sc1ccc(C)c(C)c1. The van der Waals surface area contributed by atoms with Crippen LogP contribution in [0, 0.1) is 13.8 Å². The number of thioether (sulfide) groups is 1. The molecule has 3 nitrogen and oxygen atoms in total. The minimum Gasteiger partial charge on any atom is -0.395 e. The molecule has 0 spiro atoms. The lowest BCUT2D eigenvalue weighted by molar-refractivity contribution is 0.167. The van der Waals surface area contributed by atoms with E-state index in [0.717, 1.165) is 4.90 Å². The molecule has 0 amide bonds. The molecule has 1 aromatic rings. The van der Waals surface area contributed by atoms with Crippen molar-refractivity contribution in [3.8, 4) is 0 Å². The summed E-state index contributed by atoms with van der Waals surface area (Å²) in [5.74, 6) is 0. The van der Waals surface area contributed by atoms with Crippen LogP contribution in [-0.2, 0) is 4.74 Å². The summed E-state index contributed by atoms with van der Waals surface area (Å²) in [4.78, 5) is 1.14. The summed E-state index contributed by atoms with van der Waals surface area (Å²) in [5, 5.41) is 9.32. The average molecular weight is 255 g/mol. The van der Waals surface area contributed by atoms with Gasteiger partial charge in [0.15, 0.2) is 0 Å². The number of methoxy groups -OCH3 is 1. The molecule has 0 saturated carbocycles. The average Bonchev–Trinajstić information content (AvgIpc) is 2.30. The molecule has 17 heavy (non-hydrogen) atoms. The number of aryl methyl sites for hydroxylation is 2. The van der Waals surface area contributed by atoms with Crippen molar-refractivity contribution < 1.29 is 9.84 Å². The van der Waals surface area contributed by atoms with Gasteiger partial charge in [-0.05, 0) is 37.1 Å². The predicted molar refractivity (Wildman–Crippen MR) is 72.5 cm³/mol. The number of aliphatic hydroxyl groups is 1. The van der Waals surface area contributed by atoms with Crippen LogP contribution in [0.15, 0.2) is 23.1 Å². The fraction of sp³-hybridized carbons (Fsp3) is 0.538. The molecule has 0 aromatic heterocycles. The molecule has 0 fully saturated rings. The van der Waals surface area contributed by atoms with Crippen LogP contribution in [0.1, 0.15) is 11.1 Å². The first-order valence-corrected chi connectivity index (χ1v) is 6.55. The Hall–Kier alpha value is -0.550. The Balaban J connectivity index is 2.70. The van der Waals surface area contributed by atoms with Gasteiger partial charge in [-0.2, -0.15) is 0 Å². The highest BCUT2D eigenvalue weighted by atomic mass is 32.2. The second-order valence-electron chi connectivity index (χ2n) is 4.20. The summed E-state index contributed by atoms with van der Waals surface area (Å²) in [6, 6.07) is 6.13. The maximum Gasteiger partial charge on any atom is 0.0625 e. The van der Waals surface area contributed by atoms with Gasteiger partial charge in [-0.15, -0.1) is 11.8 Å². The molecule has 0 heterocycles. The first kappa shape index (κ1) is 14.5. The van der Waals surface area contributed by atoms with Crippen LogP contribution in [0.3, 0.4) is 0 Å². The molecule has 0 aliphatic carbocycles. The van der Waals surface area contributed by atoms with Crippen molar-refractivity contribution in [3.05, 3.63) is 29.3 Å². The monoisotopic (exact) mass is 255 g/mol. The van der Waals surface area contributed by atoms with Gasteiger partial charge in [-0.1, -0.05) is 6.07 Å². The zero-order valence-corrected chi connectivity index (χ0v) is 11.5. The van der Waals surface area contributed by atoms with Crippen molar-refractivity contribution in [3.63, 3.8) is 0 Å². The van der Waals surface area contributed by atoms with E-state index < -0.39 is 0 Å². The third-order valence-electron chi connectivity index (χ3n) is 2.78. The first-order chi connectivity index (χ1) is 8.08. The zero-order chi connectivity index (χ0) is 12.8. The zero-order valence-electron chi connectivity index (χ0n) is 10.6. The van der Waals surface area contributed by atoms with E-state index in [2.05, 4.69) is 32.0 Å². The Kier molecular flexibility index (Phi) is 5.98. The number of benzene rings is 1. The van der Waals surface area contributed by atoms with E-state index in [-0.39, 0.29) is 17.9 Å². The van der Waals surface area contributed by atoms with Crippen molar-refractivity contribution in [2.75, 3.05) is 20.3 Å². The van der Waals surface area contributed by atoms with Gasteiger partial charge in [0.05, 0.1) is 13.2 Å². The molecule has 96 valence electrons. The van der Waals surface area contributed by atoms with E-state index in [0.29, 0.717) is 6.61 Å². The van der Waals surface area contributed by atoms with Crippen molar-refractivity contribution in [1.82, 2.24) is 0 Å². The number of rotatable bonds is 6. The summed E-state index contributed by atoms with van der Waals surface area (Å²) in [7, 11) is 1.62. The lowest BCUT2D eigenvalue weighted by Crippen LogP contribution is -2.38. The van der Waals surface area contributed by atoms with Crippen LogP contribution in [0.5, 0.6) is 0 Å². The summed E-state index contributed by atoms with van der Waals surface area (Å²) in [5.41, 5.74) is 8.48. The maximum absolute atomic E-state index is 9.35. The van der Waals surface area contributed by atoms with Gasteiger partial charge in [-0.25, -0.2) is 0 Å². The van der Waals surface area contributed by atoms with Crippen LogP contribution in [-0.4, -0.2) is 36.7 Å². The van der Waals surface area contributed by atoms with E-state index in [4.69, 9.17) is 10.5 Å². The van der Waals surface area contributed by atoms with E-state index >= 15 is 0 Å². The minimum atomic E-state index is -0.156. The molecular formula is C13H21NO2S. The van der Waals surface area contributed by atoms with Gasteiger partial charge in [0.2, 0.25) is 0 Å². The summed E-state index contributed by atoms with van der Waals surface area (Å²) in [6.07, 6.45) is 0. The van der Waals surface area contributed by atoms with Gasteiger partial charge >= 0.3 is 0 Å². The van der Waals surface area contributed by atoms with Crippen LogP contribution in [0.4, 0.5) is 0 Å². The van der Waals surface area contributed by atoms with E-state index in [9.17, 15) is 5.11 Å². The standard InChI is InChI=1S/C13H21NO2S/c1-9-4-5-11(6-10(9)2)17-13(7-15)12(14)8-16-3/h4-6,12-13,15H,7-8,14H2,1-3H3. The predicted octanol–water partition coefficient (Wildman–Crippen LogP) is 1.73. The smallest absolute Gasteiger partial charge is 0.0625 e. The Labute approximate surface area is 107 Å². The Morgan fingerprint density at radius 3 is 2.59 bits per heavy atom. The van der Waals surface area contributed by atoms with Gasteiger partial charge < -0.3 is 15.6 Å². The number of ether oxygens (including phenoxy) is 1. The molecule has 0 radical (unpaired) electrons. The van der Waals surface area contributed by atoms with Gasteiger partial charge in [0.1, 0.15) is 0 Å². The number of nitrogens with two attached hydrogens (primary N) is 1. The lowest BCUT2D eigenvalue weighted by Gasteiger charge is -2.21. The quantitative estimate of drug-likeness (QED) is 0.760. The molecule has 2 unspecified atom stereocenters. The third-order valence-corrected chi connectivity index (χ3v) is 4.11. The van der Waals surface area contributed by atoms with Crippen molar-refractivity contribution in [2.45, 2.75) is 30.0 Å². The van der Waals surface area contributed by atoms with Crippen LogP contribution >= 0.6 is 11.8 Å². The normalized spacial score (nSPS) is 14.6.